The molecule has 2 rings (SSSR count). The van der Waals surface area contributed by atoms with E-state index >= 15 is 0 Å². The number of benzene rings is 1. The first-order valence-electron chi connectivity index (χ1n) is 5.96. The van der Waals surface area contributed by atoms with Crippen LogP contribution in [0.5, 0.6) is 0 Å². The highest BCUT2D eigenvalue weighted by Gasteiger charge is 2.06. The molecule has 19 heavy (non-hydrogen) atoms. The molecular weight excluding hydrogens is 280 g/mol. The molecule has 0 aliphatic heterocycles. The second-order valence-corrected chi connectivity index (χ2v) is 7.14. The van der Waals surface area contributed by atoms with Gasteiger partial charge in [0.05, 0.1) is 10.6 Å². The fourth-order valence-corrected chi connectivity index (χ4v) is 3.01. The fourth-order valence-electron chi connectivity index (χ4n) is 1.58. The van der Waals surface area contributed by atoms with Crippen molar-refractivity contribution >= 4 is 26.3 Å². The Morgan fingerprint density at radius 3 is 2.47 bits per heavy atom. The van der Waals surface area contributed by atoms with E-state index in [2.05, 4.69) is 17.2 Å². The molecule has 0 bridgehead atoms. The van der Waals surface area contributed by atoms with Crippen LogP contribution in [-0.2, 0) is 22.8 Å². The van der Waals surface area contributed by atoms with Crippen molar-refractivity contribution in [2.24, 2.45) is 0 Å². The molecule has 6 heteroatoms. The van der Waals surface area contributed by atoms with Gasteiger partial charge in [0, 0.05) is 18.2 Å². The number of thiazole rings is 1. The zero-order valence-corrected chi connectivity index (χ0v) is 12.5. The van der Waals surface area contributed by atoms with E-state index in [9.17, 15) is 8.42 Å². The number of rotatable bonds is 5. The van der Waals surface area contributed by atoms with Crippen LogP contribution in [0.1, 0.15) is 18.2 Å². The van der Waals surface area contributed by atoms with Crippen molar-refractivity contribution in [2.45, 2.75) is 24.8 Å². The van der Waals surface area contributed by atoms with Crippen LogP contribution in [0.15, 0.2) is 34.5 Å². The quantitative estimate of drug-likeness (QED) is 0.921. The summed E-state index contributed by atoms with van der Waals surface area (Å²) < 4.78 is 22.7. The van der Waals surface area contributed by atoms with Gasteiger partial charge in [0.1, 0.15) is 0 Å². The van der Waals surface area contributed by atoms with E-state index in [0.717, 1.165) is 22.8 Å². The molecule has 0 saturated carbocycles. The van der Waals surface area contributed by atoms with Crippen LogP contribution in [0, 0.1) is 0 Å². The molecule has 0 amide bonds. The van der Waals surface area contributed by atoms with Crippen LogP contribution in [0.3, 0.4) is 0 Å². The Kier molecular flexibility index (Phi) is 4.21. The lowest BCUT2D eigenvalue weighted by atomic mass is 10.2. The SMILES string of the molecule is CCc1csc(NCc2ccc(S(C)(=O)=O)cc2)n1. The number of sulfone groups is 1. The highest BCUT2D eigenvalue weighted by Crippen LogP contribution is 2.17. The molecule has 0 fully saturated rings. The molecule has 0 aliphatic rings. The maximum absolute atomic E-state index is 11.3. The van der Waals surface area contributed by atoms with Crippen LogP contribution in [0.2, 0.25) is 0 Å². The van der Waals surface area contributed by atoms with Gasteiger partial charge in [0.15, 0.2) is 15.0 Å². The maximum atomic E-state index is 11.3. The molecule has 0 radical (unpaired) electrons. The largest absolute Gasteiger partial charge is 0.357 e. The summed E-state index contributed by atoms with van der Waals surface area (Å²) in [6.07, 6.45) is 2.14. The van der Waals surface area contributed by atoms with Crippen LogP contribution < -0.4 is 5.32 Å². The first-order valence-corrected chi connectivity index (χ1v) is 8.73. The number of aryl methyl sites for hydroxylation is 1. The van der Waals surface area contributed by atoms with E-state index in [1.165, 1.54) is 6.26 Å². The van der Waals surface area contributed by atoms with Gasteiger partial charge in [0.2, 0.25) is 0 Å². The molecular formula is C13H16N2O2S2. The zero-order valence-electron chi connectivity index (χ0n) is 10.9. The Balaban J connectivity index is 2.00. The number of nitrogens with zero attached hydrogens (tertiary/aromatic N) is 1. The van der Waals surface area contributed by atoms with Crippen molar-refractivity contribution < 1.29 is 8.42 Å². The average Bonchev–Trinajstić information content (AvgIpc) is 2.84. The molecule has 0 atom stereocenters. The van der Waals surface area contributed by atoms with Crippen molar-refractivity contribution in [3.8, 4) is 0 Å². The molecule has 102 valence electrons. The molecule has 0 spiro atoms. The van der Waals surface area contributed by atoms with E-state index in [0.29, 0.717) is 11.4 Å². The van der Waals surface area contributed by atoms with Gasteiger partial charge < -0.3 is 5.32 Å². The van der Waals surface area contributed by atoms with Gasteiger partial charge in [-0.25, -0.2) is 13.4 Å². The topological polar surface area (TPSA) is 59.1 Å². The van der Waals surface area contributed by atoms with Crippen LogP contribution in [-0.4, -0.2) is 19.7 Å². The minimum atomic E-state index is -3.12. The lowest BCUT2D eigenvalue weighted by Gasteiger charge is -2.04. The molecule has 0 aliphatic carbocycles. The third kappa shape index (κ3) is 3.78. The number of anilines is 1. The lowest BCUT2D eigenvalue weighted by molar-refractivity contribution is 0.602. The minimum Gasteiger partial charge on any atom is -0.357 e. The molecule has 1 aromatic carbocycles. The first kappa shape index (κ1) is 14.0. The normalized spacial score (nSPS) is 11.5. The van der Waals surface area contributed by atoms with Crippen LogP contribution in [0.25, 0.3) is 0 Å². The monoisotopic (exact) mass is 296 g/mol. The number of hydrogen-bond acceptors (Lipinski definition) is 5. The van der Waals surface area contributed by atoms with Crippen LogP contribution in [0.4, 0.5) is 5.13 Å². The van der Waals surface area contributed by atoms with Gasteiger partial charge in [0.25, 0.3) is 0 Å². The standard InChI is InChI=1S/C13H16N2O2S2/c1-3-11-9-18-13(15-11)14-8-10-4-6-12(7-5-10)19(2,16)17/h4-7,9H,3,8H2,1-2H3,(H,14,15). The first-order chi connectivity index (χ1) is 8.99. The summed E-state index contributed by atoms with van der Waals surface area (Å²) in [6.45, 7) is 2.71. The predicted octanol–water partition coefficient (Wildman–Crippen LogP) is 2.72. The van der Waals surface area contributed by atoms with E-state index in [1.54, 1.807) is 23.5 Å². The number of aromatic nitrogens is 1. The van der Waals surface area contributed by atoms with E-state index in [1.807, 2.05) is 17.5 Å². The van der Waals surface area contributed by atoms with Crippen molar-refractivity contribution in [3.63, 3.8) is 0 Å². The summed E-state index contributed by atoms with van der Waals surface area (Å²) >= 11 is 1.58. The molecule has 2 aromatic rings. The third-order valence-corrected chi connectivity index (χ3v) is 4.69. The Morgan fingerprint density at radius 2 is 1.95 bits per heavy atom. The van der Waals surface area contributed by atoms with Crippen molar-refractivity contribution in [1.82, 2.24) is 4.98 Å². The van der Waals surface area contributed by atoms with Gasteiger partial charge >= 0.3 is 0 Å². The van der Waals surface area contributed by atoms with E-state index in [-0.39, 0.29) is 0 Å². The fraction of sp³-hybridized carbons (Fsp3) is 0.308. The smallest absolute Gasteiger partial charge is 0.183 e. The molecule has 4 nitrogen and oxygen atoms in total. The second kappa shape index (κ2) is 5.71. The van der Waals surface area contributed by atoms with E-state index in [4.69, 9.17) is 0 Å². The van der Waals surface area contributed by atoms with Gasteiger partial charge in [-0.15, -0.1) is 11.3 Å². The Bertz CT molecular complexity index is 646. The molecule has 0 unspecified atom stereocenters. The molecule has 1 N–H and O–H groups in total. The van der Waals surface area contributed by atoms with E-state index < -0.39 is 9.84 Å². The third-order valence-electron chi connectivity index (χ3n) is 2.71. The van der Waals surface area contributed by atoms with Gasteiger partial charge in [-0.3, -0.25) is 0 Å². The summed E-state index contributed by atoms with van der Waals surface area (Å²) in [5, 5.41) is 6.16. The van der Waals surface area contributed by atoms with Gasteiger partial charge in [-0.2, -0.15) is 0 Å². The number of hydrogen-bond donors (Lipinski definition) is 1. The zero-order chi connectivity index (χ0) is 13.9. The predicted molar refractivity (Wildman–Crippen MR) is 78.4 cm³/mol. The van der Waals surface area contributed by atoms with Crippen LogP contribution >= 0.6 is 11.3 Å². The summed E-state index contributed by atoms with van der Waals surface area (Å²) in [5.41, 5.74) is 2.11. The Morgan fingerprint density at radius 1 is 1.26 bits per heavy atom. The summed E-state index contributed by atoms with van der Waals surface area (Å²) in [7, 11) is -3.12. The number of nitrogens with one attached hydrogen (secondary N) is 1. The summed E-state index contributed by atoms with van der Waals surface area (Å²) in [6, 6.07) is 6.90. The van der Waals surface area contributed by atoms with Gasteiger partial charge in [-0.1, -0.05) is 19.1 Å². The minimum absolute atomic E-state index is 0.346. The summed E-state index contributed by atoms with van der Waals surface area (Å²) in [5.74, 6) is 0. The second-order valence-electron chi connectivity index (χ2n) is 4.27. The van der Waals surface area contributed by atoms with Gasteiger partial charge in [-0.05, 0) is 24.1 Å². The highest BCUT2D eigenvalue weighted by atomic mass is 32.2. The average molecular weight is 296 g/mol. The highest BCUT2D eigenvalue weighted by molar-refractivity contribution is 7.90. The lowest BCUT2D eigenvalue weighted by Crippen LogP contribution is -2.01. The maximum Gasteiger partial charge on any atom is 0.183 e. The molecule has 1 aromatic heterocycles. The molecule has 0 saturated heterocycles. The van der Waals surface area contributed by atoms with Crippen molar-refractivity contribution in [1.29, 1.82) is 0 Å². The Hall–Kier alpha value is -1.40. The summed E-state index contributed by atoms with van der Waals surface area (Å²) in [4.78, 5) is 4.76. The molecule has 1 heterocycles. The van der Waals surface area contributed by atoms with Crippen molar-refractivity contribution in [3.05, 3.63) is 40.9 Å². The Labute approximate surface area is 117 Å². The van der Waals surface area contributed by atoms with Crippen molar-refractivity contribution in [2.75, 3.05) is 11.6 Å².